The average molecular weight is 235 g/mol. The molecule has 16 heavy (non-hydrogen) atoms. The van der Waals surface area contributed by atoms with Gasteiger partial charge in [-0.05, 0) is 37.0 Å². The molecule has 1 aromatic heterocycles. The summed E-state index contributed by atoms with van der Waals surface area (Å²) in [5.41, 5.74) is 0.602. The second-order valence-electron chi connectivity index (χ2n) is 3.52. The predicted molar refractivity (Wildman–Crippen MR) is 69.7 cm³/mol. The molecule has 0 aromatic carbocycles. The summed E-state index contributed by atoms with van der Waals surface area (Å²) in [6.07, 6.45) is 7.44. The van der Waals surface area contributed by atoms with E-state index in [1.165, 1.54) is 25.0 Å². The molecule has 4 heteroatoms. The van der Waals surface area contributed by atoms with Crippen molar-refractivity contribution in [2.45, 2.75) is 19.3 Å². The lowest BCUT2D eigenvalue weighted by atomic mass is 10.2. The van der Waals surface area contributed by atoms with Gasteiger partial charge in [-0.15, -0.1) is 0 Å². The first-order valence-corrected chi connectivity index (χ1v) is 6.85. The summed E-state index contributed by atoms with van der Waals surface area (Å²) in [6.45, 7) is 0.952. The number of rotatable bonds is 7. The number of nitrogens with zero attached hydrogens (tertiary/aromatic N) is 2. The van der Waals surface area contributed by atoms with Crippen molar-refractivity contribution in [3.8, 4) is 6.07 Å². The van der Waals surface area contributed by atoms with Crippen LogP contribution in [0.2, 0.25) is 0 Å². The van der Waals surface area contributed by atoms with Gasteiger partial charge in [0.1, 0.15) is 11.9 Å². The van der Waals surface area contributed by atoms with Crippen LogP contribution in [0, 0.1) is 11.3 Å². The maximum absolute atomic E-state index is 8.61. The first-order valence-electron chi connectivity index (χ1n) is 5.46. The fraction of sp³-hybridized carbons (Fsp3) is 0.500. The van der Waals surface area contributed by atoms with Gasteiger partial charge in [0.15, 0.2) is 0 Å². The van der Waals surface area contributed by atoms with Crippen molar-refractivity contribution in [3.63, 3.8) is 0 Å². The number of hydrogen-bond acceptors (Lipinski definition) is 4. The number of hydrogen-bond donors (Lipinski definition) is 1. The van der Waals surface area contributed by atoms with E-state index in [2.05, 4.69) is 22.6 Å². The summed E-state index contributed by atoms with van der Waals surface area (Å²) in [5, 5.41) is 11.9. The Hall–Kier alpha value is -1.21. The minimum absolute atomic E-state index is 0.602. The zero-order valence-electron chi connectivity index (χ0n) is 9.57. The van der Waals surface area contributed by atoms with Crippen molar-refractivity contribution >= 4 is 17.6 Å². The molecule has 0 unspecified atom stereocenters. The first kappa shape index (κ1) is 12.9. The maximum Gasteiger partial charge on any atom is 0.125 e. The maximum atomic E-state index is 8.61. The molecule has 3 nitrogen and oxygen atoms in total. The van der Waals surface area contributed by atoms with Crippen LogP contribution < -0.4 is 5.32 Å². The zero-order valence-corrected chi connectivity index (χ0v) is 10.4. The Kier molecular flexibility index (Phi) is 6.43. The third-order valence-corrected chi connectivity index (χ3v) is 2.92. The Labute approximate surface area is 101 Å². The molecular weight excluding hydrogens is 218 g/mol. The van der Waals surface area contributed by atoms with E-state index >= 15 is 0 Å². The molecule has 0 spiro atoms. The number of pyridine rings is 1. The van der Waals surface area contributed by atoms with Gasteiger partial charge in [0.25, 0.3) is 0 Å². The number of nitrogens with one attached hydrogen (secondary N) is 1. The third kappa shape index (κ3) is 5.04. The second kappa shape index (κ2) is 8.00. The number of unbranched alkanes of at least 4 members (excludes halogenated alkanes) is 2. The van der Waals surface area contributed by atoms with E-state index in [1.807, 2.05) is 17.8 Å². The molecule has 1 N–H and O–H groups in total. The van der Waals surface area contributed by atoms with E-state index in [-0.39, 0.29) is 0 Å². The highest BCUT2D eigenvalue weighted by molar-refractivity contribution is 7.98. The Balaban J connectivity index is 2.15. The smallest absolute Gasteiger partial charge is 0.125 e. The van der Waals surface area contributed by atoms with E-state index in [0.29, 0.717) is 5.56 Å². The van der Waals surface area contributed by atoms with Gasteiger partial charge in [-0.1, -0.05) is 6.42 Å². The van der Waals surface area contributed by atoms with Gasteiger partial charge in [0.2, 0.25) is 0 Å². The molecule has 0 radical (unpaired) electrons. The summed E-state index contributed by atoms with van der Waals surface area (Å²) in [4.78, 5) is 4.15. The van der Waals surface area contributed by atoms with Crippen LogP contribution in [-0.4, -0.2) is 23.5 Å². The summed E-state index contributed by atoms with van der Waals surface area (Å²) >= 11 is 1.90. The number of aromatic nitrogens is 1. The lowest BCUT2D eigenvalue weighted by Crippen LogP contribution is -2.03. The van der Waals surface area contributed by atoms with Gasteiger partial charge in [-0.2, -0.15) is 17.0 Å². The minimum Gasteiger partial charge on any atom is -0.370 e. The summed E-state index contributed by atoms with van der Waals surface area (Å²) in [6, 6.07) is 5.68. The van der Waals surface area contributed by atoms with Crippen molar-refractivity contribution in [1.29, 1.82) is 5.26 Å². The molecule has 1 heterocycles. The van der Waals surface area contributed by atoms with Gasteiger partial charge in [0.05, 0.1) is 5.56 Å². The Bertz CT molecular complexity index is 329. The molecule has 0 fully saturated rings. The first-order chi connectivity index (χ1) is 7.86. The Morgan fingerprint density at radius 1 is 1.38 bits per heavy atom. The van der Waals surface area contributed by atoms with E-state index < -0.39 is 0 Å². The molecule has 0 saturated heterocycles. The molecule has 0 aliphatic heterocycles. The van der Waals surface area contributed by atoms with Crippen LogP contribution in [0.25, 0.3) is 0 Å². The Morgan fingerprint density at radius 3 is 2.88 bits per heavy atom. The van der Waals surface area contributed by atoms with E-state index in [1.54, 1.807) is 12.3 Å². The fourth-order valence-corrected chi connectivity index (χ4v) is 1.82. The van der Waals surface area contributed by atoms with Gasteiger partial charge < -0.3 is 5.32 Å². The summed E-state index contributed by atoms with van der Waals surface area (Å²) in [7, 11) is 0. The topological polar surface area (TPSA) is 48.7 Å². The SMILES string of the molecule is CSCCCCCNc1ccc(C#N)cn1. The van der Waals surface area contributed by atoms with Crippen LogP contribution in [-0.2, 0) is 0 Å². The normalized spacial score (nSPS) is 9.75. The molecule has 0 saturated carbocycles. The van der Waals surface area contributed by atoms with Gasteiger partial charge >= 0.3 is 0 Å². The van der Waals surface area contributed by atoms with E-state index in [4.69, 9.17) is 5.26 Å². The largest absolute Gasteiger partial charge is 0.370 e. The van der Waals surface area contributed by atoms with Crippen LogP contribution in [0.5, 0.6) is 0 Å². The average Bonchev–Trinajstić information content (AvgIpc) is 2.34. The molecule has 1 rings (SSSR count). The quantitative estimate of drug-likeness (QED) is 0.738. The molecule has 0 atom stereocenters. The van der Waals surface area contributed by atoms with Crippen molar-refractivity contribution in [3.05, 3.63) is 23.9 Å². The van der Waals surface area contributed by atoms with Crippen LogP contribution in [0.4, 0.5) is 5.82 Å². The van der Waals surface area contributed by atoms with Crippen LogP contribution in [0.15, 0.2) is 18.3 Å². The van der Waals surface area contributed by atoms with Crippen molar-refractivity contribution in [1.82, 2.24) is 4.98 Å². The van der Waals surface area contributed by atoms with Gasteiger partial charge in [-0.25, -0.2) is 4.98 Å². The lowest BCUT2D eigenvalue weighted by Gasteiger charge is -2.04. The number of nitriles is 1. The van der Waals surface area contributed by atoms with E-state index in [9.17, 15) is 0 Å². The molecular formula is C12H17N3S. The second-order valence-corrected chi connectivity index (χ2v) is 4.51. The molecule has 0 amide bonds. The highest BCUT2D eigenvalue weighted by Crippen LogP contribution is 2.06. The molecule has 0 aliphatic rings. The van der Waals surface area contributed by atoms with Gasteiger partial charge in [0, 0.05) is 12.7 Å². The highest BCUT2D eigenvalue weighted by atomic mass is 32.2. The fourth-order valence-electron chi connectivity index (χ4n) is 1.33. The highest BCUT2D eigenvalue weighted by Gasteiger charge is 1.94. The van der Waals surface area contributed by atoms with Crippen LogP contribution in [0.1, 0.15) is 24.8 Å². The Morgan fingerprint density at radius 2 is 2.25 bits per heavy atom. The molecule has 0 aliphatic carbocycles. The standard InChI is InChI=1S/C12H17N3S/c1-16-8-4-2-3-7-14-12-6-5-11(9-13)10-15-12/h5-6,10H,2-4,7-8H2,1H3,(H,14,15). The van der Waals surface area contributed by atoms with Crippen LogP contribution >= 0.6 is 11.8 Å². The van der Waals surface area contributed by atoms with E-state index in [0.717, 1.165) is 12.4 Å². The lowest BCUT2D eigenvalue weighted by molar-refractivity contribution is 0.748. The van der Waals surface area contributed by atoms with Crippen LogP contribution in [0.3, 0.4) is 0 Å². The molecule has 86 valence electrons. The predicted octanol–water partition coefficient (Wildman–Crippen LogP) is 2.90. The molecule has 1 aromatic rings. The summed E-state index contributed by atoms with van der Waals surface area (Å²) < 4.78 is 0. The minimum atomic E-state index is 0.602. The van der Waals surface area contributed by atoms with Crippen molar-refractivity contribution < 1.29 is 0 Å². The number of thioether (sulfide) groups is 1. The molecule has 0 bridgehead atoms. The van der Waals surface area contributed by atoms with Gasteiger partial charge in [-0.3, -0.25) is 0 Å². The third-order valence-electron chi connectivity index (χ3n) is 2.22. The van der Waals surface area contributed by atoms with Crippen molar-refractivity contribution in [2.24, 2.45) is 0 Å². The number of anilines is 1. The zero-order chi connectivity index (χ0) is 11.6. The summed E-state index contributed by atoms with van der Waals surface area (Å²) in [5.74, 6) is 2.10. The monoisotopic (exact) mass is 235 g/mol. The van der Waals surface area contributed by atoms with Crippen molar-refractivity contribution in [2.75, 3.05) is 23.9 Å².